The number of hydrogen-bond donors (Lipinski definition) is 2. The Balaban J connectivity index is 1.27. The minimum atomic E-state index is -4.46. The first-order valence-electron chi connectivity index (χ1n) is 13.7. The molecule has 0 radical (unpaired) electrons. The zero-order valence-corrected chi connectivity index (χ0v) is 23.7. The molecule has 0 aliphatic carbocycles. The molecule has 42 heavy (non-hydrogen) atoms. The van der Waals surface area contributed by atoms with Gasteiger partial charge in [-0.05, 0) is 65.4 Å². The van der Waals surface area contributed by atoms with E-state index in [9.17, 15) is 18.0 Å². The second-order valence-electron chi connectivity index (χ2n) is 10.5. The van der Waals surface area contributed by atoms with E-state index in [2.05, 4.69) is 26.3 Å². The van der Waals surface area contributed by atoms with Crippen molar-refractivity contribution >= 4 is 34.1 Å². The second kappa shape index (κ2) is 11.2. The van der Waals surface area contributed by atoms with E-state index < -0.39 is 23.6 Å². The van der Waals surface area contributed by atoms with E-state index in [0.29, 0.717) is 15.4 Å². The first-order valence-corrected chi connectivity index (χ1v) is 14.5. The number of aromatic nitrogens is 3. The van der Waals surface area contributed by atoms with Gasteiger partial charge in [-0.2, -0.15) is 13.2 Å². The lowest BCUT2D eigenvalue weighted by molar-refractivity contribution is -0.138. The molecule has 4 heterocycles. The van der Waals surface area contributed by atoms with Gasteiger partial charge in [-0.1, -0.05) is 31.2 Å². The molecule has 0 spiro atoms. The third kappa shape index (κ3) is 5.49. The zero-order valence-electron chi connectivity index (χ0n) is 22.9. The number of pyridine rings is 1. The number of nitrogens with one attached hydrogen (secondary N) is 1. The van der Waals surface area contributed by atoms with Crippen molar-refractivity contribution < 1.29 is 18.0 Å². The lowest BCUT2D eigenvalue weighted by atomic mass is 9.90. The Bertz CT molecular complexity index is 1740. The monoisotopic (exact) mass is 590 g/mol. The number of piperazine rings is 1. The lowest BCUT2D eigenvalue weighted by Gasteiger charge is -2.28. The van der Waals surface area contributed by atoms with E-state index >= 15 is 0 Å². The number of amides is 1. The number of halogens is 3. The molecular formula is C31H29F3N6OS. The molecule has 1 amide bonds. The van der Waals surface area contributed by atoms with E-state index in [1.54, 1.807) is 19.3 Å². The van der Waals surface area contributed by atoms with Gasteiger partial charge < -0.3 is 16.0 Å². The highest BCUT2D eigenvalue weighted by atomic mass is 32.1. The van der Waals surface area contributed by atoms with Crippen LogP contribution in [0.4, 0.5) is 19.0 Å². The molecule has 216 valence electrons. The number of rotatable bonds is 7. The third-order valence-corrected chi connectivity index (χ3v) is 8.84. The highest BCUT2D eigenvalue weighted by Gasteiger charge is 2.34. The van der Waals surface area contributed by atoms with Crippen LogP contribution in [0.1, 0.15) is 39.2 Å². The molecule has 1 aliphatic rings. The van der Waals surface area contributed by atoms with E-state index in [4.69, 9.17) is 5.73 Å². The van der Waals surface area contributed by atoms with Gasteiger partial charge in [-0.25, -0.2) is 9.97 Å². The van der Waals surface area contributed by atoms with Gasteiger partial charge in [0.15, 0.2) is 0 Å². The summed E-state index contributed by atoms with van der Waals surface area (Å²) in [6.45, 7) is 5.47. The molecule has 0 bridgehead atoms. The van der Waals surface area contributed by atoms with E-state index in [1.165, 1.54) is 23.5 Å². The molecule has 2 aromatic carbocycles. The molecule has 5 aromatic rings. The minimum absolute atomic E-state index is 0.184. The Hall–Kier alpha value is -4.22. The smallest absolute Gasteiger partial charge is 0.365 e. The summed E-state index contributed by atoms with van der Waals surface area (Å²) in [6.07, 6.45) is -0.675. The number of thiophene rings is 1. The molecule has 3 N–H and O–H groups in total. The Kier molecular flexibility index (Phi) is 7.46. The molecule has 1 unspecified atom stereocenters. The predicted octanol–water partition coefficient (Wildman–Crippen LogP) is 6.02. The maximum atomic E-state index is 13.6. The Morgan fingerprint density at radius 1 is 1.05 bits per heavy atom. The maximum absolute atomic E-state index is 13.6. The van der Waals surface area contributed by atoms with Crippen LogP contribution in [0.5, 0.6) is 0 Å². The van der Waals surface area contributed by atoms with E-state index in [0.717, 1.165) is 60.2 Å². The van der Waals surface area contributed by atoms with Gasteiger partial charge in [0.05, 0.1) is 21.5 Å². The fourth-order valence-electron chi connectivity index (χ4n) is 5.52. The largest absolute Gasteiger partial charge is 0.416 e. The van der Waals surface area contributed by atoms with Crippen molar-refractivity contribution in [2.75, 3.05) is 31.1 Å². The highest BCUT2D eigenvalue weighted by Crippen LogP contribution is 2.38. The number of primary amides is 1. The van der Waals surface area contributed by atoms with Crippen LogP contribution in [-0.2, 0) is 12.6 Å². The lowest BCUT2D eigenvalue weighted by Crippen LogP contribution is -2.43. The average Bonchev–Trinajstić information content (AvgIpc) is 3.61. The first kappa shape index (κ1) is 27.9. The van der Waals surface area contributed by atoms with Crippen LogP contribution >= 0.6 is 11.3 Å². The highest BCUT2D eigenvalue weighted by molar-refractivity contribution is 7.16. The van der Waals surface area contributed by atoms with Crippen molar-refractivity contribution in [3.05, 3.63) is 94.8 Å². The second-order valence-corrected chi connectivity index (χ2v) is 11.5. The molecule has 11 heteroatoms. The summed E-state index contributed by atoms with van der Waals surface area (Å²) in [5.41, 5.74) is 9.40. The van der Waals surface area contributed by atoms with Crippen molar-refractivity contribution in [2.45, 2.75) is 25.4 Å². The van der Waals surface area contributed by atoms with Crippen molar-refractivity contribution in [3.63, 3.8) is 0 Å². The Labute approximate surface area is 244 Å². The molecular weight excluding hydrogens is 561 g/mol. The Morgan fingerprint density at radius 2 is 1.81 bits per heavy atom. The average molecular weight is 591 g/mol. The summed E-state index contributed by atoms with van der Waals surface area (Å²) < 4.78 is 42.8. The topological polar surface area (TPSA) is 89.1 Å². The summed E-state index contributed by atoms with van der Waals surface area (Å²) >= 11 is 1.21. The molecule has 1 atom stereocenters. The summed E-state index contributed by atoms with van der Waals surface area (Å²) in [4.78, 5) is 24.2. The van der Waals surface area contributed by atoms with Crippen LogP contribution in [-0.4, -0.2) is 46.6 Å². The maximum Gasteiger partial charge on any atom is 0.416 e. The summed E-state index contributed by atoms with van der Waals surface area (Å²) in [5, 5.41) is 4.06. The van der Waals surface area contributed by atoms with Crippen molar-refractivity contribution in [1.29, 1.82) is 0 Å². The number of imidazole rings is 1. The fraction of sp³-hybridized carbons (Fsp3) is 0.258. The van der Waals surface area contributed by atoms with Crippen molar-refractivity contribution in [3.8, 4) is 16.1 Å². The van der Waals surface area contributed by atoms with Gasteiger partial charge in [0.25, 0.3) is 5.91 Å². The standard InChI is InChI=1S/C31H29F3N6OS/c1-19(23-4-2-3-5-24(23)31(32,33)34)14-22-16-28(42-29(22)30(35)41)40-18-38-25-15-20(6-8-26(25)40)21-7-9-27(37-17-21)39-12-10-36-11-13-39/h2-9,15-19,36H,10-14H2,1H3,(H2,35,41). The SMILES string of the molecule is CC(Cc1cc(-n2cnc3cc(-c4ccc(N5CCNCC5)nc4)ccc32)sc1C(N)=O)c1ccccc1C(F)(F)F. The molecule has 6 rings (SSSR count). The number of fused-ring (bicyclic) bond motifs is 1. The number of alkyl halides is 3. The molecule has 1 saturated heterocycles. The van der Waals surface area contributed by atoms with E-state index in [-0.39, 0.29) is 12.0 Å². The van der Waals surface area contributed by atoms with Gasteiger partial charge in [0.1, 0.15) is 17.1 Å². The Morgan fingerprint density at radius 3 is 2.52 bits per heavy atom. The van der Waals surface area contributed by atoms with Gasteiger partial charge in [0.2, 0.25) is 0 Å². The minimum Gasteiger partial charge on any atom is -0.365 e. The van der Waals surface area contributed by atoms with Crippen LogP contribution in [0.25, 0.3) is 27.2 Å². The summed E-state index contributed by atoms with van der Waals surface area (Å²) in [7, 11) is 0. The molecule has 3 aromatic heterocycles. The van der Waals surface area contributed by atoms with Crippen LogP contribution in [0.15, 0.2) is 73.2 Å². The molecule has 1 aliphatic heterocycles. The van der Waals surface area contributed by atoms with Crippen LogP contribution in [0.2, 0.25) is 0 Å². The van der Waals surface area contributed by atoms with Crippen LogP contribution in [0.3, 0.4) is 0 Å². The zero-order chi connectivity index (χ0) is 29.4. The van der Waals surface area contributed by atoms with Crippen LogP contribution in [0, 0.1) is 0 Å². The van der Waals surface area contributed by atoms with Gasteiger partial charge in [-0.15, -0.1) is 11.3 Å². The van der Waals surface area contributed by atoms with E-state index in [1.807, 2.05) is 41.1 Å². The van der Waals surface area contributed by atoms with Gasteiger partial charge in [0, 0.05) is 37.9 Å². The molecule has 7 nitrogen and oxygen atoms in total. The van der Waals surface area contributed by atoms with Crippen molar-refractivity contribution in [1.82, 2.24) is 19.9 Å². The number of benzene rings is 2. The van der Waals surface area contributed by atoms with Gasteiger partial charge in [-0.3, -0.25) is 9.36 Å². The third-order valence-electron chi connectivity index (χ3n) is 7.65. The number of carbonyl (C=O) groups excluding carboxylic acids is 1. The molecule has 1 fully saturated rings. The quantitative estimate of drug-likeness (QED) is 0.242. The number of carbonyl (C=O) groups is 1. The van der Waals surface area contributed by atoms with Gasteiger partial charge >= 0.3 is 6.18 Å². The summed E-state index contributed by atoms with van der Waals surface area (Å²) in [5.74, 6) is -0.140. The summed E-state index contributed by atoms with van der Waals surface area (Å²) in [6, 6.07) is 17.4. The number of hydrogen-bond acceptors (Lipinski definition) is 6. The van der Waals surface area contributed by atoms with Crippen LogP contribution < -0.4 is 16.0 Å². The van der Waals surface area contributed by atoms with Crippen molar-refractivity contribution in [2.24, 2.45) is 5.73 Å². The number of nitrogens with zero attached hydrogens (tertiary/aromatic N) is 4. The first-order chi connectivity index (χ1) is 20.2. The fourth-order valence-corrected chi connectivity index (χ4v) is 6.55. The molecule has 0 saturated carbocycles. The number of anilines is 1. The predicted molar refractivity (Wildman–Crippen MR) is 159 cm³/mol. The normalized spacial score (nSPS) is 14.8. The number of nitrogens with two attached hydrogens (primary N) is 1.